The summed E-state index contributed by atoms with van der Waals surface area (Å²) >= 11 is 0. The first-order chi connectivity index (χ1) is 11.1. The van der Waals surface area contributed by atoms with Crippen LogP contribution in [0.3, 0.4) is 0 Å². The van der Waals surface area contributed by atoms with Gasteiger partial charge in [-0.1, -0.05) is 0 Å². The van der Waals surface area contributed by atoms with E-state index in [-0.39, 0.29) is 11.9 Å². The van der Waals surface area contributed by atoms with Gasteiger partial charge < -0.3 is 24.8 Å². The topological polar surface area (TPSA) is 96.8 Å². The Balaban J connectivity index is 1.90. The van der Waals surface area contributed by atoms with Crippen molar-refractivity contribution < 1.29 is 19.4 Å². The van der Waals surface area contributed by atoms with Crippen molar-refractivity contribution in [2.45, 2.75) is 25.4 Å². The van der Waals surface area contributed by atoms with E-state index < -0.39 is 11.5 Å². The average Bonchev–Trinajstić information content (AvgIpc) is 2.59. The van der Waals surface area contributed by atoms with Gasteiger partial charge >= 0.3 is 6.01 Å². The minimum Gasteiger partial charge on any atom is -0.481 e. The number of ether oxygens (including phenoxy) is 2. The summed E-state index contributed by atoms with van der Waals surface area (Å²) in [5.41, 5.74) is -0.776. The van der Waals surface area contributed by atoms with Crippen molar-refractivity contribution in [2.24, 2.45) is 5.41 Å². The summed E-state index contributed by atoms with van der Waals surface area (Å²) in [6.45, 7) is 1.70. The van der Waals surface area contributed by atoms with Crippen molar-refractivity contribution >= 4 is 11.7 Å². The normalized spacial score (nSPS) is 27.7. The van der Waals surface area contributed by atoms with Crippen molar-refractivity contribution in [2.75, 3.05) is 38.8 Å². The van der Waals surface area contributed by atoms with E-state index in [9.17, 15) is 9.90 Å². The molecule has 23 heavy (non-hydrogen) atoms. The van der Waals surface area contributed by atoms with E-state index >= 15 is 0 Å². The van der Waals surface area contributed by atoms with E-state index in [1.54, 1.807) is 6.07 Å². The highest BCUT2D eigenvalue weighted by Crippen LogP contribution is 2.39. The highest BCUT2D eigenvalue weighted by Gasteiger charge is 2.50. The summed E-state index contributed by atoms with van der Waals surface area (Å²) in [5.74, 6) is 0.965. The Kier molecular flexibility index (Phi) is 4.25. The molecule has 2 saturated heterocycles. The molecule has 0 bridgehead atoms. The van der Waals surface area contributed by atoms with Gasteiger partial charge in [-0.05, 0) is 19.3 Å². The molecule has 1 aromatic rings. The summed E-state index contributed by atoms with van der Waals surface area (Å²) in [6.07, 6.45) is 1.43. The molecule has 2 aliphatic rings. The number of nitrogens with zero attached hydrogens (tertiary/aromatic N) is 3. The molecule has 0 aliphatic carbocycles. The zero-order valence-corrected chi connectivity index (χ0v) is 13.4. The fraction of sp³-hybridized carbons (Fsp3) is 0.667. The van der Waals surface area contributed by atoms with Crippen molar-refractivity contribution in [1.82, 2.24) is 15.3 Å². The lowest BCUT2D eigenvalue weighted by molar-refractivity contribution is -0.142. The molecule has 3 heterocycles. The third-order valence-electron chi connectivity index (χ3n) is 4.71. The van der Waals surface area contributed by atoms with Crippen molar-refractivity contribution in [3.63, 3.8) is 0 Å². The van der Waals surface area contributed by atoms with Crippen LogP contribution >= 0.6 is 0 Å². The molecule has 0 aromatic carbocycles. The van der Waals surface area contributed by atoms with E-state index in [1.807, 2.05) is 4.90 Å². The molecule has 2 N–H and O–H groups in total. The van der Waals surface area contributed by atoms with Crippen molar-refractivity contribution in [3.05, 3.63) is 6.07 Å². The SMILES string of the molecule is COc1cc(N2CC[C@@H](O)[C@@]3(CCCNC3=O)C2)nc(OC)n1. The van der Waals surface area contributed by atoms with E-state index in [0.717, 1.165) is 6.42 Å². The fourth-order valence-electron chi connectivity index (χ4n) is 3.39. The van der Waals surface area contributed by atoms with Gasteiger partial charge in [0.15, 0.2) is 0 Å². The molecule has 2 atom stereocenters. The maximum atomic E-state index is 12.4. The van der Waals surface area contributed by atoms with Crippen LogP contribution in [-0.2, 0) is 4.79 Å². The standard InChI is InChI=1S/C15H22N4O4/c1-22-12-8-11(17-14(18-12)23-2)19-7-4-10(20)15(9-19)5-3-6-16-13(15)21/h8,10,20H,3-7,9H2,1-2H3,(H,16,21)/t10-,15-/m1/s1. The van der Waals surface area contributed by atoms with Gasteiger partial charge in [0.25, 0.3) is 0 Å². The van der Waals surface area contributed by atoms with Gasteiger partial charge in [0, 0.05) is 25.7 Å². The van der Waals surface area contributed by atoms with Crippen molar-refractivity contribution in [3.8, 4) is 11.9 Å². The smallest absolute Gasteiger partial charge is 0.321 e. The van der Waals surface area contributed by atoms with Gasteiger partial charge in [-0.3, -0.25) is 4.79 Å². The molecule has 3 rings (SSSR count). The number of piperidine rings is 2. The molecule has 8 heteroatoms. The lowest BCUT2D eigenvalue weighted by Crippen LogP contribution is -2.61. The number of amides is 1. The van der Waals surface area contributed by atoms with Gasteiger partial charge in [0.05, 0.1) is 25.7 Å². The largest absolute Gasteiger partial charge is 0.481 e. The number of aliphatic hydroxyl groups is 1. The second-order valence-electron chi connectivity index (χ2n) is 6.00. The third kappa shape index (κ3) is 2.78. The Morgan fingerprint density at radius 2 is 2.22 bits per heavy atom. The number of hydrogen-bond acceptors (Lipinski definition) is 7. The van der Waals surface area contributed by atoms with Gasteiger partial charge in [-0.2, -0.15) is 9.97 Å². The van der Waals surface area contributed by atoms with Crippen LogP contribution in [-0.4, -0.2) is 60.9 Å². The molecule has 2 aliphatic heterocycles. The van der Waals surface area contributed by atoms with Crippen LogP contribution < -0.4 is 19.7 Å². The summed E-state index contributed by atoms with van der Waals surface area (Å²) in [5, 5.41) is 13.3. The highest BCUT2D eigenvalue weighted by molar-refractivity contribution is 5.85. The minimum absolute atomic E-state index is 0.0751. The molecule has 1 amide bonds. The monoisotopic (exact) mass is 322 g/mol. The van der Waals surface area contributed by atoms with Gasteiger partial charge in [0.2, 0.25) is 11.8 Å². The minimum atomic E-state index is -0.776. The lowest BCUT2D eigenvalue weighted by Gasteiger charge is -2.47. The third-order valence-corrected chi connectivity index (χ3v) is 4.71. The Morgan fingerprint density at radius 1 is 1.39 bits per heavy atom. The number of hydrogen-bond donors (Lipinski definition) is 2. The van der Waals surface area contributed by atoms with Crippen LogP contribution in [0.15, 0.2) is 6.07 Å². The summed E-state index contributed by atoms with van der Waals surface area (Å²) in [4.78, 5) is 22.9. The molecule has 0 unspecified atom stereocenters. The van der Waals surface area contributed by atoms with Gasteiger partial charge in [-0.25, -0.2) is 0 Å². The summed E-state index contributed by atoms with van der Waals surface area (Å²) in [7, 11) is 3.02. The number of nitrogens with one attached hydrogen (secondary N) is 1. The average molecular weight is 322 g/mol. The molecule has 1 aromatic heterocycles. The Hall–Kier alpha value is -2.09. The second-order valence-corrected chi connectivity index (χ2v) is 6.00. The highest BCUT2D eigenvalue weighted by atomic mass is 16.5. The van der Waals surface area contributed by atoms with Crippen LogP contribution in [0.25, 0.3) is 0 Å². The number of methoxy groups -OCH3 is 2. The fourth-order valence-corrected chi connectivity index (χ4v) is 3.39. The number of aromatic nitrogens is 2. The molecule has 1 spiro atoms. The Bertz CT molecular complexity index is 575. The number of rotatable bonds is 3. The van der Waals surface area contributed by atoms with E-state index in [2.05, 4.69) is 15.3 Å². The number of carbonyl (C=O) groups is 1. The van der Waals surface area contributed by atoms with Gasteiger partial charge in [0.1, 0.15) is 5.82 Å². The first-order valence-corrected chi connectivity index (χ1v) is 7.77. The van der Waals surface area contributed by atoms with Crippen LogP contribution in [0.1, 0.15) is 19.3 Å². The summed E-state index contributed by atoms with van der Waals surface area (Å²) < 4.78 is 10.3. The lowest BCUT2D eigenvalue weighted by atomic mass is 9.71. The predicted octanol–water partition coefficient (Wildman–Crippen LogP) is -0.0388. The van der Waals surface area contributed by atoms with Crippen LogP contribution in [0.5, 0.6) is 11.9 Å². The van der Waals surface area contributed by atoms with E-state index in [0.29, 0.717) is 44.2 Å². The molecule has 126 valence electrons. The van der Waals surface area contributed by atoms with E-state index in [1.165, 1.54) is 14.2 Å². The zero-order valence-electron chi connectivity index (χ0n) is 13.4. The number of carbonyl (C=O) groups excluding carboxylic acids is 1. The van der Waals surface area contributed by atoms with E-state index in [4.69, 9.17) is 9.47 Å². The van der Waals surface area contributed by atoms with Gasteiger partial charge in [-0.15, -0.1) is 0 Å². The molecule has 0 radical (unpaired) electrons. The first kappa shape index (κ1) is 15.8. The van der Waals surface area contributed by atoms with Crippen LogP contribution in [0.2, 0.25) is 0 Å². The Morgan fingerprint density at radius 3 is 2.91 bits per heavy atom. The molecule has 0 saturated carbocycles. The van der Waals surface area contributed by atoms with Crippen molar-refractivity contribution in [1.29, 1.82) is 0 Å². The molecular weight excluding hydrogens is 300 g/mol. The quantitative estimate of drug-likeness (QED) is 0.806. The number of aliphatic hydroxyl groups excluding tert-OH is 1. The summed E-state index contributed by atoms with van der Waals surface area (Å²) in [6, 6.07) is 1.93. The number of anilines is 1. The van der Waals surface area contributed by atoms with Crippen LogP contribution in [0, 0.1) is 5.41 Å². The first-order valence-electron chi connectivity index (χ1n) is 7.77. The molecule has 2 fully saturated rings. The maximum absolute atomic E-state index is 12.4. The Labute approximate surface area is 134 Å². The maximum Gasteiger partial charge on any atom is 0.321 e. The van der Waals surface area contributed by atoms with Crippen LogP contribution in [0.4, 0.5) is 5.82 Å². The predicted molar refractivity (Wildman–Crippen MR) is 82.6 cm³/mol. The molecule has 8 nitrogen and oxygen atoms in total. The zero-order chi connectivity index (χ0) is 16.4. The second kappa shape index (κ2) is 6.19. The molecular formula is C15H22N4O4.